The molecule has 1 aliphatic heterocycles. The van der Waals surface area contributed by atoms with Gasteiger partial charge in [0.1, 0.15) is 5.69 Å². The summed E-state index contributed by atoms with van der Waals surface area (Å²) < 4.78 is 0. The first-order chi connectivity index (χ1) is 12.7. The second kappa shape index (κ2) is 6.96. The molecule has 3 aromatic rings. The largest absolute Gasteiger partial charge is 0.344 e. The summed E-state index contributed by atoms with van der Waals surface area (Å²) in [5.41, 5.74) is 3.83. The molecule has 1 atom stereocenters. The lowest BCUT2D eigenvalue weighted by Gasteiger charge is -2.18. The predicted molar refractivity (Wildman–Crippen MR) is 102 cm³/mol. The van der Waals surface area contributed by atoms with Gasteiger partial charge in [0, 0.05) is 18.4 Å². The lowest BCUT2D eigenvalue weighted by Crippen LogP contribution is -2.28. The van der Waals surface area contributed by atoms with E-state index in [2.05, 4.69) is 32.3 Å². The van der Waals surface area contributed by atoms with Crippen molar-refractivity contribution in [1.29, 1.82) is 0 Å². The maximum Gasteiger partial charge on any atom is 0.270 e. The quantitative estimate of drug-likeness (QED) is 0.785. The zero-order valence-corrected chi connectivity index (χ0v) is 14.6. The van der Waals surface area contributed by atoms with Gasteiger partial charge >= 0.3 is 0 Å². The average molecular weight is 344 g/mol. The fraction of sp³-hybridized carbons (Fsp3) is 0.190. The standard InChI is InChI=1S/C21H20N4O/c1-15(16-7-3-2-4-8-16)23-20(26)18-11-13-22-21(24-18)25-14-12-17-9-5-6-10-19(17)25/h2-11,13,15H,12,14H2,1H3,(H,23,26). The first-order valence-electron chi connectivity index (χ1n) is 8.76. The summed E-state index contributed by atoms with van der Waals surface area (Å²) in [7, 11) is 0. The number of carbonyl (C=O) groups is 1. The van der Waals surface area contributed by atoms with Gasteiger partial charge in [-0.25, -0.2) is 9.97 Å². The third-order valence-corrected chi connectivity index (χ3v) is 4.65. The molecule has 0 aliphatic carbocycles. The van der Waals surface area contributed by atoms with E-state index in [0.717, 1.165) is 24.2 Å². The molecule has 2 aromatic carbocycles. The smallest absolute Gasteiger partial charge is 0.270 e. The van der Waals surface area contributed by atoms with Gasteiger partial charge in [0.05, 0.1) is 6.04 Å². The van der Waals surface area contributed by atoms with Crippen molar-refractivity contribution in [2.45, 2.75) is 19.4 Å². The molecule has 0 saturated carbocycles. The Morgan fingerprint density at radius 2 is 1.85 bits per heavy atom. The highest BCUT2D eigenvalue weighted by molar-refractivity contribution is 5.92. The topological polar surface area (TPSA) is 58.1 Å². The fourth-order valence-corrected chi connectivity index (χ4v) is 3.25. The Balaban J connectivity index is 1.54. The summed E-state index contributed by atoms with van der Waals surface area (Å²) in [6.45, 7) is 2.79. The van der Waals surface area contributed by atoms with Crippen molar-refractivity contribution in [3.05, 3.63) is 83.7 Å². The summed E-state index contributed by atoms with van der Waals surface area (Å²) >= 11 is 0. The molecule has 1 aliphatic rings. The summed E-state index contributed by atoms with van der Waals surface area (Å²) in [6.07, 6.45) is 2.60. The van der Waals surface area contributed by atoms with E-state index >= 15 is 0 Å². The van der Waals surface area contributed by atoms with Crippen molar-refractivity contribution < 1.29 is 4.79 Å². The zero-order chi connectivity index (χ0) is 17.9. The van der Waals surface area contributed by atoms with Crippen molar-refractivity contribution in [2.75, 3.05) is 11.4 Å². The molecular formula is C21H20N4O. The van der Waals surface area contributed by atoms with Crippen molar-refractivity contribution in [1.82, 2.24) is 15.3 Å². The van der Waals surface area contributed by atoms with Crippen molar-refractivity contribution in [2.24, 2.45) is 0 Å². The van der Waals surface area contributed by atoms with Crippen molar-refractivity contribution in [3.8, 4) is 0 Å². The molecule has 1 aromatic heterocycles. The number of hydrogen-bond donors (Lipinski definition) is 1. The van der Waals surface area contributed by atoms with Crippen LogP contribution in [0.3, 0.4) is 0 Å². The zero-order valence-electron chi connectivity index (χ0n) is 14.6. The number of benzene rings is 2. The SMILES string of the molecule is CC(NC(=O)c1ccnc(N2CCc3ccccc32)n1)c1ccccc1. The van der Waals surface area contributed by atoms with Gasteiger partial charge in [-0.2, -0.15) is 0 Å². The van der Waals surface area contributed by atoms with Crippen LogP contribution in [0.4, 0.5) is 11.6 Å². The van der Waals surface area contributed by atoms with Crippen molar-refractivity contribution >= 4 is 17.5 Å². The molecule has 4 rings (SSSR count). The number of para-hydroxylation sites is 1. The van der Waals surface area contributed by atoms with Crippen LogP contribution in [0.25, 0.3) is 0 Å². The van der Waals surface area contributed by atoms with Gasteiger partial charge in [-0.1, -0.05) is 48.5 Å². The molecular weight excluding hydrogens is 324 g/mol. The predicted octanol–water partition coefficient (Wildman–Crippen LogP) is 3.66. The van der Waals surface area contributed by atoms with Crippen LogP contribution in [0, 0.1) is 0 Å². The van der Waals surface area contributed by atoms with Gasteiger partial charge in [-0.15, -0.1) is 0 Å². The van der Waals surface area contributed by atoms with E-state index in [1.807, 2.05) is 49.4 Å². The summed E-state index contributed by atoms with van der Waals surface area (Å²) in [4.78, 5) is 23.6. The highest BCUT2D eigenvalue weighted by Gasteiger charge is 2.23. The van der Waals surface area contributed by atoms with Gasteiger partial charge in [0.2, 0.25) is 5.95 Å². The van der Waals surface area contributed by atoms with E-state index < -0.39 is 0 Å². The van der Waals surface area contributed by atoms with Gasteiger partial charge in [-0.05, 0) is 36.6 Å². The molecule has 1 amide bonds. The lowest BCUT2D eigenvalue weighted by molar-refractivity contribution is 0.0934. The molecule has 0 radical (unpaired) electrons. The van der Waals surface area contributed by atoms with Crippen LogP contribution in [0.1, 0.15) is 34.6 Å². The van der Waals surface area contributed by atoms with E-state index in [4.69, 9.17) is 0 Å². The number of hydrogen-bond acceptors (Lipinski definition) is 4. The van der Waals surface area contributed by atoms with Crippen LogP contribution < -0.4 is 10.2 Å². The molecule has 0 fully saturated rings. The maximum atomic E-state index is 12.6. The molecule has 1 unspecified atom stereocenters. The van der Waals surface area contributed by atoms with Gasteiger partial charge in [-0.3, -0.25) is 4.79 Å². The molecule has 26 heavy (non-hydrogen) atoms. The van der Waals surface area contributed by atoms with Gasteiger partial charge in [0.15, 0.2) is 0 Å². The highest BCUT2D eigenvalue weighted by Crippen LogP contribution is 2.32. The number of nitrogens with one attached hydrogen (secondary N) is 1. The summed E-state index contributed by atoms with van der Waals surface area (Å²) in [5.74, 6) is 0.368. The minimum atomic E-state index is -0.197. The first-order valence-corrected chi connectivity index (χ1v) is 8.76. The summed E-state index contributed by atoms with van der Waals surface area (Å²) in [5, 5.41) is 3.00. The molecule has 1 N–H and O–H groups in total. The first kappa shape index (κ1) is 16.3. The van der Waals surface area contributed by atoms with Crippen molar-refractivity contribution in [3.63, 3.8) is 0 Å². The summed E-state index contributed by atoms with van der Waals surface area (Å²) in [6, 6.07) is 19.7. The minimum Gasteiger partial charge on any atom is -0.344 e. The Kier molecular flexibility index (Phi) is 4.35. The van der Waals surface area contributed by atoms with Crippen LogP contribution in [0.15, 0.2) is 66.9 Å². The monoisotopic (exact) mass is 344 g/mol. The van der Waals surface area contributed by atoms with E-state index in [-0.39, 0.29) is 11.9 Å². The Hall–Kier alpha value is -3.21. The number of nitrogens with zero attached hydrogens (tertiary/aromatic N) is 3. The third kappa shape index (κ3) is 3.16. The Bertz CT molecular complexity index is 926. The number of aromatic nitrogens is 2. The molecule has 0 bridgehead atoms. The third-order valence-electron chi connectivity index (χ3n) is 4.65. The van der Waals surface area contributed by atoms with Crippen LogP contribution in [-0.2, 0) is 6.42 Å². The second-order valence-electron chi connectivity index (χ2n) is 6.38. The van der Waals surface area contributed by atoms with E-state index in [1.165, 1.54) is 5.56 Å². The molecule has 130 valence electrons. The van der Waals surface area contributed by atoms with Gasteiger partial charge in [0.25, 0.3) is 5.91 Å². The van der Waals surface area contributed by atoms with Crippen LogP contribution in [-0.4, -0.2) is 22.4 Å². The lowest BCUT2D eigenvalue weighted by atomic mass is 10.1. The number of amides is 1. The van der Waals surface area contributed by atoms with Crippen LogP contribution >= 0.6 is 0 Å². The van der Waals surface area contributed by atoms with Crippen LogP contribution in [0.5, 0.6) is 0 Å². The number of fused-ring (bicyclic) bond motifs is 1. The van der Waals surface area contributed by atoms with E-state index in [0.29, 0.717) is 11.6 Å². The second-order valence-corrected chi connectivity index (χ2v) is 6.38. The van der Waals surface area contributed by atoms with E-state index in [9.17, 15) is 4.79 Å². The minimum absolute atomic E-state index is 0.0883. The Morgan fingerprint density at radius 3 is 2.69 bits per heavy atom. The number of carbonyl (C=O) groups excluding carboxylic acids is 1. The normalized spacial score (nSPS) is 14.0. The van der Waals surface area contributed by atoms with E-state index in [1.54, 1.807) is 12.3 Å². The molecule has 0 saturated heterocycles. The highest BCUT2D eigenvalue weighted by atomic mass is 16.1. The molecule has 2 heterocycles. The molecule has 5 heteroatoms. The Labute approximate surface area is 152 Å². The number of anilines is 2. The fourth-order valence-electron chi connectivity index (χ4n) is 3.25. The average Bonchev–Trinajstić information content (AvgIpc) is 3.13. The number of rotatable bonds is 4. The maximum absolute atomic E-state index is 12.6. The molecule has 5 nitrogen and oxygen atoms in total. The van der Waals surface area contributed by atoms with Crippen LogP contribution in [0.2, 0.25) is 0 Å². The Morgan fingerprint density at radius 1 is 1.08 bits per heavy atom. The molecule has 0 spiro atoms. The van der Waals surface area contributed by atoms with Gasteiger partial charge < -0.3 is 10.2 Å².